The third kappa shape index (κ3) is 3.63. The van der Waals surface area contributed by atoms with E-state index in [1.807, 2.05) is 4.68 Å². The van der Waals surface area contributed by atoms with Gasteiger partial charge in [0.25, 0.3) is 0 Å². The fourth-order valence-corrected chi connectivity index (χ4v) is 2.59. The molecule has 1 N–H and O–H groups in total. The van der Waals surface area contributed by atoms with Crippen LogP contribution in [0.1, 0.15) is 50.5 Å². The van der Waals surface area contributed by atoms with E-state index in [9.17, 15) is 4.39 Å². The topological polar surface area (TPSA) is 29.9 Å². The number of halogens is 2. The molecule has 0 bridgehead atoms. The van der Waals surface area contributed by atoms with Crippen LogP contribution in [0.4, 0.5) is 4.39 Å². The van der Waals surface area contributed by atoms with Crippen molar-refractivity contribution in [1.29, 1.82) is 0 Å². The Labute approximate surface area is 130 Å². The average molecular weight is 310 g/mol. The van der Waals surface area contributed by atoms with Crippen LogP contribution in [-0.2, 0) is 0 Å². The maximum atomic E-state index is 13.2. The molecule has 0 radical (unpaired) electrons. The molecule has 1 unspecified atom stereocenters. The van der Waals surface area contributed by atoms with E-state index < -0.39 is 0 Å². The molecule has 3 nitrogen and oxygen atoms in total. The van der Waals surface area contributed by atoms with Crippen LogP contribution in [0.15, 0.2) is 30.5 Å². The Kier molecular flexibility index (Phi) is 5.37. The van der Waals surface area contributed by atoms with E-state index in [2.05, 4.69) is 31.2 Å². The standard InChI is InChI=1S/C16H21ClFN3/c1-4-9-19-15(12-5-7-13(18)8-6-12)16-14(17)10-20-21(16)11(2)3/h5-8,10-11,15,19H,4,9H2,1-3H3. The molecule has 1 aromatic carbocycles. The summed E-state index contributed by atoms with van der Waals surface area (Å²) in [6, 6.07) is 6.63. The highest BCUT2D eigenvalue weighted by Gasteiger charge is 2.22. The SMILES string of the molecule is CCCNC(c1ccc(F)cc1)c1c(Cl)cnn1C(C)C. The van der Waals surface area contributed by atoms with Gasteiger partial charge in [-0.05, 0) is 44.5 Å². The molecular formula is C16H21ClFN3. The molecule has 21 heavy (non-hydrogen) atoms. The lowest BCUT2D eigenvalue weighted by molar-refractivity contribution is 0.471. The molecule has 0 aliphatic rings. The molecule has 0 aliphatic heterocycles. The minimum absolute atomic E-state index is 0.0945. The van der Waals surface area contributed by atoms with Crippen molar-refractivity contribution >= 4 is 11.6 Å². The third-order valence-electron chi connectivity index (χ3n) is 3.35. The lowest BCUT2D eigenvalue weighted by Crippen LogP contribution is -2.26. The summed E-state index contributed by atoms with van der Waals surface area (Å²) in [6.45, 7) is 7.08. The van der Waals surface area contributed by atoms with Crippen LogP contribution in [0, 0.1) is 5.82 Å². The van der Waals surface area contributed by atoms with Crippen molar-refractivity contribution in [3.63, 3.8) is 0 Å². The molecule has 1 heterocycles. The van der Waals surface area contributed by atoms with E-state index >= 15 is 0 Å². The fourth-order valence-electron chi connectivity index (χ4n) is 2.35. The van der Waals surface area contributed by atoms with Gasteiger partial charge in [-0.15, -0.1) is 0 Å². The van der Waals surface area contributed by atoms with Crippen LogP contribution in [0.3, 0.4) is 0 Å². The quantitative estimate of drug-likeness (QED) is 0.860. The molecule has 5 heteroatoms. The molecule has 2 aromatic rings. The number of nitrogens with one attached hydrogen (secondary N) is 1. The highest BCUT2D eigenvalue weighted by molar-refractivity contribution is 6.31. The second-order valence-corrected chi connectivity index (χ2v) is 5.76. The fraction of sp³-hybridized carbons (Fsp3) is 0.438. The van der Waals surface area contributed by atoms with E-state index in [1.165, 1.54) is 12.1 Å². The summed E-state index contributed by atoms with van der Waals surface area (Å²) in [4.78, 5) is 0. The normalized spacial score (nSPS) is 12.9. The van der Waals surface area contributed by atoms with Gasteiger partial charge in [0.2, 0.25) is 0 Å². The molecule has 1 atom stereocenters. The van der Waals surface area contributed by atoms with E-state index in [0.717, 1.165) is 24.2 Å². The first kappa shape index (κ1) is 16.0. The first-order valence-electron chi connectivity index (χ1n) is 7.26. The molecule has 0 saturated heterocycles. The highest BCUT2D eigenvalue weighted by atomic mass is 35.5. The monoisotopic (exact) mass is 309 g/mol. The summed E-state index contributed by atoms with van der Waals surface area (Å²) in [5.41, 5.74) is 1.90. The van der Waals surface area contributed by atoms with Gasteiger partial charge in [0, 0.05) is 6.04 Å². The van der Waals surface area contributed by atoms with Gasteiger partial charge in [0.1, 0.15) is 5.82 Å². The average Bonchev–Trinajstić information content (AvgIpc) is 2.83. The van der Waals surface area contributed by atoms with E-state index in [1.54, 1.807) is 18.3 Å². The lowest BCUT2D eigenvalue weighted by atomic mass is 10.0. The van der Waals surface area contributed by atoms with Crippen molar-refractivity contribution in [2.75, 3.05) is 6.54 Å². The second kappa shape index (κ2) is 7.05. The van der Waals surface area contributed by atoms with E-state index in [-0.39, 0.29) is 17.9 Å². The summed E-state index contributed by atoms with van der Waals surface area (Å²) in [7, 11) is 0. The zero-order valence-electron chi connectivity index (χ0n) is 12.6. The minimum atomic E-state index is -0.239. The van der Waals surface area contributed by atoms with Gasteiger partial charge in [0.05, 0.1) is 23.0 Å². The molecule has 2 rings (SSSR count). The second-order valence-electron chi connectivity index (χ2n) is 5.35. The van der Waals surface area contributed by atoms with E-state index in [0.29, 0.717) is 5.02 Å². The Morgan fingerprint density at radius 2 is 1.95 bits per heavy atom. The molecule has 0 spiro atoms. The van der Waals surface area contributed by atoms with Crippen molar-refractivity contribution in [3.8, 4) is 0 Å². The van der Waals surface area contributed by atoms with Crippen LogP contribution in [0.2, 0.25) is 5.02 Å². The Morgan fingerprint density at radius 1 is 1.29 bits per heavy atom. The minimum Gasteiger partial charge on any atom is -0.305 e. The number of aromatic nitrogens is 2. The van der Waals surface area contributed by atoms with Crippen LogP contribution in [-0.4, -0.2) is 16.3 Å². The Hall–Kier alpha value is -1.39. The largest absolute Gasteiger partial charge is 0.305 e. The number of rotatable bonds is 6. The highest BCUT2D eigenvalue weighted by Crippen LogP contribution is 2.30. The molecule has 0 amide bonds. The molecule has 0 fully saturated rings. The van der Waals surface area contributed by atoms with Crippen molar-refractivity contribution in [1.82, 2.24) is 15.1 Å². The van der Waals surface area contributed by atoms with Crippen LogP contribution >= 0.6 is 11.6 Å². The van der Waals surface area contributed by atoms with Gasteiger partial charge in [-0.1, -0.05) is 30.7 Å². The van der Waals surface area contributed by atoms with Crippen molar-refractivity contribution in [2.45, 2.75) is 39.3 Å². The Balaban J connectivity index is 2.45. The maximum absolute atomic E-state index is 13.2. The predicted molar refractivity (Wildman–Crippen MR) is 84.2 cm³/mol. The first-order valence-corrected chi connectivity index (χ1v) is 7.64. The van der Waals surface area contributed by atoms with Gasteiger partial charge in [-0.2, -0.15) is 5.10 Å². The van der Waals surface area contributed by atoms with Gasteiger partial charge < -0.3 is 5.32 Å². The third-order valence-corrected chi connectivity index (χ3v) is 3.64. The lowest BCUT2D eigenvalue weighted by Gasteiger charge is -2.22. The molecule has 1 aromatic heterocycles. The number of nitrogens with zero attached hydrogens (tertiary/aromatic N) is 2. The molecule has 114 valence electrons. The number of hydrogen-bond donors (Lipinski definition) is 1. The smallest absolute Gasteiger partial charge is 0.123 e. The Morgan fingerprint density at radius 3 is 2.52 bits per heavy atom. The maximum Gasteiger partial charge on any atom is 0.123 e. The zero-order valence-corrected chi connectivity index (χ0v) is 13.4. The summed E-state index contributed by atoms with van der Waals surface area (Å²) in [5.74, 6) is -0.239. The predicted octanol–water partition coefficient (Wildman–Crippen LogP) is 4.35. The van der Waals surface area contributed by atoms with Gasteiger partial charge in [-0.3, -0.25) is 4.68 Å². The molecule has 0 aliphatic carbocycles. The summed E-state index contributed by atoms with van der Waals surface area (Å²) < 4.78 is 15.1. The van der Waals surface area contributed by atoms with Crippen molar-refractivity contribution in [2.24, 2.45) is 0 Å². The number of benzene rings is 1. The molecule has 0 saturated carbocycles. The zero-order chi connectivity index (χ0) is 15.4. The van der Waals surface area contributed by atoms with Gasteiger partial charge in [0.15, 0.2) is 0 Å². The van der Waals surface area contributed by atoms with Crippen LogP contribution in [0.25, 0.3) is 0 Å². The van der Waals surface area contributed by atoms with Crippen LogP contribution < -0.4 is 5.32 Å². The summed E-state index contributed by atoms with van der Waals surface area (Å²) >= 11 is 6.35. The van der Waals surface area contributed by atoms with Gasteiger partial charge >= 0.3 is 0 Å². The van der Waals surface area contributed by atoms with E-state index in [4.69, 9.17) is 11.6 Å². The summed E-state index contributed by atoms with van der Waals surface area (Å²) in [5, 5.41) is 8.46. The number of hydrogen-bond acceptors (Lipinski definition) is 2. The Bertz CT molecular complexity index is 578. The van der Waals surface area contributed by atoms with Crippen molar-refractivity contribution in [3.05, 3.63) is 52.6 Å². The van der Waals surface area contributed by atoms with Crippen LogP contribution in [0.5, 0.6) is 0 Å². The van der Waals surface area contributed by atoms with Gasteiger partial charge in [-0.25, -0.2) is 4.39 Å². The first-order chi connectivity index (χ1) is 10.0. The van der Waals surface area contributed by atoms with Crippen molar-refractivity contribution < 1.29 is 4.39 Å². The summed E-state index contributed by atoms with van der Waals surface area (Å²) in [6.07, 6.45) is 2.67. The molecular weight excluding hydrogens is 289 g/mol.